The summed E-state index contributed by atoms with van der Waals surface area (Å²) in [4.78, 5) is 42.8. The lowest BCUT2D eigenvalue weighted by Gasteiger charge is -2.19. The third-order valence-corrected chi connectivity index (χ3v) is 5.62. The van der Waals surface area contributed by atoms with E-state index in [0.29, 0.717) is 22.3 Å². The van der Waals surface area contributed by atoms with Gasteiger partial charge in [0.1, 0.15) is 6.54 Å². The molecule has 8 heteroatoms. The van der Waals surface area contributed by atoms with Crippen molar-refractivity contribution in [1.29, 1.82) is 0 Å². The van der Waals surface area contributed by atoms with Crippen LogP contribution in [0.4, 0.5) is 5.69 Å². The molecule has 152 valence electrons. The van der Waals surface area contributed by atoms with Gasteiger partial charge in [0.25, 0.3) is 11.8 Å². The zero-order valence-electron chi connectivity index (χ0n) is 15.8. The van der Waals surface area contributed by atoms with E-state index in [0.717, 1.165) is 4.90 Å². The highest BCUT2D eigenvalue weighted by Gasteiger charge is 2.37. The van der Waals surface area contributed by atoms with Crippen molar-refractivity contribution in [2.75, 3.05) is 11.4 Å². The van der Waals surface area contributed by atoms with E-state index in [1.165, 1.54) is 12.1 Å². The quantitative estimate of drug-likeness (QED) is 0.524. The van der Waals surface area contributed by atoms with Gasteiger partial charge in [0.2, 0.25) is 5.90 Å². The highest BCUT2D eigenvalue weighted by atomic mass is 35.5. The van der Waals surface area contributed by atoms with Gasteiger partial charge in [-0.15, -0.1) is 0 Å². The van der Waals surface area contributed by atoms with E-state index in [9.17, 15) is 14.4 Å². The second-order valence-electron chi connectivity index (χ2n) is 6.92. The number of aliphatic imine (C=N–C) groups is 1. The van der Waals surface area contributed by atoms with Crippen LogP contribution in [0.2, 0.25) is 10.0 Å². The van der Waals surface area contributed by atoms with Crippen LogP contribution in [0.15, 0.2) is 65.7 Å². The zero-order valence-corrected chi connectivity index (χ0v) is 17.3. The Bertz CT molecular complexity index is 1270. The molecule has 0 N–H and O–H groups in total. The van der Waals surface area contributed by atoms with Crippen molar-refractivity contribution >= 4 is 52.4 Å². The Morgan fingerprint density at radius 3 is 1.87 bits per heavy atom. The maximum atomic E-state index is 12.7. The van der Waals surface area contributed by atoms with Crippen LogP contribution < -0.4 is 9.64 Å². The number of nitrogens with zero attached hydrogens (tertiary/aromatic N) is 2. The Balaban J connectivity index is 1.50. The molecule has 0 radical (unpaired) electrons. The summed E-state index contributed by atoms with van der Waals surface area (Å²) in [7, 11) is 0. The molecule has 2 amide bonds. The van der Waals surface area contributed by atoms with Crippen molar-refractivity contribution in [3.05, 3.63) is 93.0 Å². The van der Waals surface area contributed by atoms with Crippen LogP contribution in [0, 0.1) is 0 Å². The number of carbonyl (C=O) groups is 3. The van der Waals surface area contributed by atoms with E-state index in [4.69, 9.17) is 27.9 Å². The number of hydrogen-bond acceptors (Lipinski definition) is 5. The van der Waals surface area contributed by atoms with Gasteiger partial charge in [-0.2, -0.15) is 0 Å². The Hall–Kier alpha value is -3.48. The van der Waals surface area contributed by atoms with Gasteiger partial charge in [0, 0.05) is 11.1 Å². The van der Waals surface area contributed by atoms with Crippen LogP contribution in [0.1, 0.15) is 36.6 Å². The summed E-state index contributed by atoms with van der Waals surface area (Å²) in [5.41, 5.74) is 1.91. The molecule has 0 fully saturated rings. The Labute approximate surface area is 186 Å². The minimum atomic E-state index is -0.453. The third-order valence-electron chi connectivity index (χ3n) is 5.06. The Morgan fingerprint density at radius 2 is 1.29 bits per heavy atom. The van der Waals surface area contributed by atoms with Crippen molar-refractivity contribution in [2.24, 2.45) is 4.99 Å². The Kier molecular flexibility index (Phi) is 4.61. The molecule has 6 nitrogen and oxygen atoms in total. The molecule has 2 heterocycles. The highest BCUT2D eigenvalue weighted by molar-refractivity contribution is 6.39. The molecule has 31 heavy (non-hydrogen) atoms. The number of benzene rings is 3. The van der Waals surface area contributed by atoms with Gasteiger partial charge in [-0.3, -0.25) is 14.4 Å². The van der Waals surface area contributed by atoms with Gasteiger partial charge in [-0.05, 0) is 30.3 Å². The minimum Gasteiger partial charge on any atom is -0.436 e. The van der Waals surface area contributed by atoms with Crippen LogP contribution >= 0.6 is 23.2 Å². The van der Waals surface area contributed by atoms with Crippen molar-refractivity contribution in [2.45, 2.75) is 0 Å². The summed E-state index contributed by atoms with van der Waals surface area (Å²) < 4.78 is 5.87. The van der Waals surface area contributed by atoms with Crippen LogP contribution in [0.25, 0.3) is 0 Å². The SMILES string of the molecule is O=C1CN=C(Oc2c(Cl)cc(N3C(=O)c4ccccc4C3=O)cc2Cl)c2ccccc21. The van der Waals surface area contributed by atoms with Gasteiger partial charge < -0.3 is 4.74 Å². The molecule has 0 atom stereocenters. The molecule has 3 aromatic carbocycles. The number of ketones is 1. The van der Waals surface area contributed by atoms with Crippen LogP contribution in [0.3, 0.4) is 0 Å². The number of rotatable bonds is 2. The minimum absolute atomic E-state index is 0.0469. The van der Waals surface area contributed by atoms with Crippen LogP contribution in [-0.4, -0.2) is 30.0 Å². The van der Waals surface area contributed by atoms with Gasteiger partial charge in [0.05, 0.1) is 26.9 Å². The molecule has 0 spiro atoms. The maximum absolute atomic E-state index is 12.7. The summed E-state index contributed by atoms with van der Waals surface area (Å²) in [6.45, 7) is -0.0469. The van der Waals surface area contributed by atoms with E-state index in [-0.39, 0.29) is 39.7 Å². The lowest BCUT2D eigenvalue weighted by Crippen LogP contribution is -2.29. The summed E-state index contributed by atoms with van der Waals surface area (Å²) in [5.74, 6) is -0.684. The van der Waals surface area contributed by atoms with E-state index in [1.807, 2.05) is 0 Å². The predicted molar refractivity (Wildman–Crippen MR) is 117 cm³/mol. The summed E-state index contributed by atoms with van der Waals surface area (Å²) >= 11 is 12.8. The topological polar surface area (TPSA) is 76.0 Å². The van der Waals surface area contributed by atoms with Crippen molar-refractivity contribution < 1.29 is 19.1 Å². The molecule has 2 aliphatic heterocycles. The lowest BCUT2D eigenvalue weighted by molar-refractivity contribution is 0.0924. The molecule has 0 aromatic heterocycles. The standard InChI is InChI=1S/C23H12Cl2N2O4/c24-17-9-12(27-22(29)15-7-3-4-8-16(15)23(27)30)10-18(25)20(17)31-21-14-6-2-1-5-13(14)19(28)11-26-21/h1-10H,11H2. The van der Waals surface area contributed by atoms with Gasteiger partial charge >= 0.3 is 0 Å². The number of amides is 2. The number of halogens is 2. The van der Waals surface area contributed by atoms with E-state index in [2.05, 4.69) is 4.99 Å². The van der Waals surface area contributed by atoms with E-state index >= 15 is 0 Å². The normalized spacial score (nSPS) is 15.0. The number of ether oxygens (including phenoxy) is 1. The molecule has 3 aromatic rings. The number of fused-ring (bicyclic) bond motifs is 2. The first-order chi connectivity index (χ1) is 15.0. The van der Waals surface area contributed by atoms with Crippen LogP contribution in [0.5, 0.6) is 5.75 Å². The molecule has 0 saturated heterocycles. The number of Topliss-reactive ketones (excluding diaryl/α,β-unsaturated/α-hetero) is 1. The molecular weight excluding hydrogens is 439 g/mol. The van der Waals surface area contributed by atoms with Crippen molar-refractivity contribution in [3.8, 4) is 5.75 Å². The van der Waals surface area contributed by atoms with Crippen molar-refractivity contribution in [1.82, 2.24) is 0 Å². The molecule has 0 bridgehead atoms. The van der Waals surface area contributed by atoms with Gasteiger partial charge in [0.15, 0.2) is 11.5 Å². The second-order valence-corrected chi connectivity index (χ2v) is 7.74. The second kappa shape index (κ2) is 7.34. The molecule has 5 rings (SSSR count). The average molecular weight is 451 g/mol. The molecule has 0 unspecified atom stereocenters. The molecule has 0 saturated carbocycles. The fourth-order valence-electron chi connectivity index (χ4n) is 3.61. The third kappa shape index (κ3) is 3.12. The first-order valence-electron chi connectivity index (χ1n) is 9.27. The van der Waals surface area contributed by atoms with Crippen molar-refractivity contribution in [3.63, 3.8) is 0 Å². The summed E-state index contributed by atoms with van der Waals surface area (Å²) in [5, 5.41) is 0.187. The first-order valence-corrected chi connectivity index (χ1v) is 10.0. The fraction of sp³-hybridized carbons (Fsp3) is 0.0435. The molecule has 0 aliphatic carbocycles. The van der Waals surface area contributed by atoms with Gasteiger partial charge in [-0.25, -0.2) is 9.89 Å². The Morgan fingerprint density at radius 1 is 0.774 bits per heavy atom. The zero-order chi connectivity index (χ0) is 21.7. The smallest absolute Gasteiger partial charge is 0.266 e. The number of anilines is 1. The lowest BCUT2D eigenvalue weighted by atomic mass is 10.0. The van der Waals surface area contributed by atoms with Crippen LogP contribution in [-0.2, 0) is 0 Å². The molecule has 2 aliphatic rings. The van der Waals surface area contributed by atoms with E-state index in [1.54, 1.807) is 48.5 Å². The summed E-state index contributed by atoms with van der Waals surface area (Å²) in [6.07, 6.45) is 0. The number of imide groups is 1. The first kappa shape index (κ1) is 19.5. The van der Waals surface area contributed by atoms with E-state index < -0.39 is 11.8 Å². The van der Waals surface area contributed by atoms with Gasteiger partial charge in [-0.1, -0.05) is 53.5 Å². The largest absolute Gasteiger partial charge is 0.436 e. The monoisotopic (exact) mass is 450 g/mol. The number of carbonyl (C=O) groups excluding carboxylic acids is 3. The maximum Gasteiger partial charge on any atom is 0.266 e. The predicted octanol–water partition coefficient (Wildman–Crippen LogP) is 4.82. The fourth-order valence-corrected chi connectivity index (χ4v) is 4.16. The summed E-state index contributed by atoms with van der Waals surface area (Å²) in [6, 6.07) is 16.4. The number of hydrogen-bond donors (Lipinski definition) is 0. The highest BCUT2D eigenvalue weighted by Crippen LogP contribution is 2.40. The molecular formula is C23H12Cl2N2O4. The average Bonchev–Trinajstić information content (AvgIpc) is 3.03.